The van der Waals surface area contributed by atoms with Gasteiger partial charge in [0, 0.05) is 24.8 Å². The zero-order chi connectivity index (χ0) is 19.9. The van der Waals surface area contributed by atoms with E-state index in [4.69, 9.17) is 0 Å². The highest BCUT2D eigenvalue weighted by Crippen LogP contribution is 2.19. The topological polar surface area (TPSA) is 35.6 Å². The van der Waals surface area contributed by atoms with Crippen molar-refractivity contribution < 1.29 is 13.6 Å². The monoisotopic (exact) mass is 387 g/mol. The predicted octanol–water partition coefficient (Wildman–Crippen LogP) is 3.75. The zero-order valence-electron chi connectivity index (χ0n) is 16.2. The van der Waals surface area contributed by atoms with Crippen LogP contribution in [0, 0.1) is 17.6 Å². The Kier molecular flexibility index (Phi) is 7.12. The number of carbonyl (C=O) groups excluding carboxylic acids is 1. The van der Waals surface area contributed by atoms with Crippen molar-refractivity contribution in [2.75, 3.05) is 38.5 Å². The normalized spacial score (nSPS) is 15.7. The number of anilines is 1. The van der Waals surface area contributed by atoms with Crippen LogP contribution in [0.5, 0.6) is 0 Å². The third kappa shape index (κ3) is 6.39. The smallest absolute Gasteiger partial charge is 0.238 e. The number of halogens is 2. The molecule has 0 aromatic heterocycles. The Morgan fingerprint density at radius 1 is 1.11 bits per heavy atom. The van der Waals surface area contributed by atoms with Gasteiger partial charge in [0.1, 0.15) is 11.6 Å². The minimum atomic E-state index is -0.698. The van der Waals surface area contributed by atoms with E-state index in [2.05, 4.69) is 46.4 Å². The first-order chi connectivity index (χ1) is 13.5. The van der Waals surface area contributed by atoms with Gasteiger partial charge in [-0.25, -0.2) is 8.78 Å². The van der Waals surface area contributed by atoms with Gasteiger partial charge in [-0.2, -0.15) is 0 Å². The number of carbonyl (C=O) groups is 1. The molecule has 3 rings (SSSR count). The number of likely N-dealkylation sites (tertiary alicyclic amines) is 1. The van der Waals surface area contributed by atoms with Gasteiger partial charge in [0.2, 0.25) is 5.91 Å². The summed E-state index contributed by atoms with van der Waals surface area (Å²) >= 11 is 0. The molecule has 0 spiro atoms. The lowest BCUT2D eigenvalue weighted by Crippen LogP contribution is -2.41. The van der Waals surface area contributed by atoms with Crippen molar-refractivity contribution in [3.8, 4) is 0 Å². The van der Waals surface area contributed by atoms with E-state index in [1.165, 1.54) is 5.56 Å². The maximum atomic E-state index is 13.2. The second-order valence-electron chi connectivity index (χ2n) is 7.61. The fraction of sp³-hybridized carbons (Fsp3) is 0.409. The molecule has 150 valence electrons. The van der Waals surface area contributed by atoms with Crippen molar-refractivity contribution in [2.24, 2.45) is 5.92 Å². The molecule has 4 nitrogen and oxygen atoms in total. The summed E-state index contributed by atoms with van der Waals surface area (Å²) < 4.78 is 26.4. The summed E-state index contributed by atoms with van der Waals surface area (Å²) in [6, 6.07) is 13.5. The first-order valence-corrected chi connectivity index (χ1v) is 9.69. The Hall–Kier alpha value is -2.31. The van der Waals surface area contributed by atoms with E-state index in [9.17, 15) is 13.6 Å². The summed E-state index contributed by atoms with van der Waals surface area (Å²) in [7, 11) is 2.14. The van der Waals surface area contributed by atoms with E-state index in [1.807, 2.05) is 6.07 Å². The second-order valence-corrected chi connectivity index (χ2v) is 7.61. The molecule has 0 unspecified atom stereocenters. The van der Waals surface area contributed by atoms with E-state index in [1.54, 1.807) is 0 Å². The maximum Gasteiger partial charge on any atom is 0.238 e. The summed E-state index contributed by atoms with van der Waals surface area (Å²) in [5.41, 5.74) is 1.47. The molecule has 0 saturated carbocycles. The van der Waals surface area contributed by atoms with E-state index in [-0.39, 0.29) is 18.1 Å². The SMILES string of the molecule is CN(Cc1ccccc1)CC1CCN(CC(=O)Nc2cc(F)cc(F)c2)CC1. The molecule has 1 saturated heterocycles. The van der Waals surface area contributed by atoms with Crippen LogP contribution in [0.4, 0.5) is 14.5 Å². The molecule has 1 heterocycles. The minimum Gasteiger partial charge on any atom is -0.325 e. The lowest BCUT2D eigenvalue weighted by atomic mass is 9.96. The summed E-state index contributed by atoms with van der Waals surface area (Å²) in [5.74, 6) is -1.03. The van der Waals surface area contributed by atoms with Crippen molar-refractivity contribution in [1.82, 2.24) is 9.80 Å². The molecule has 1 N–H and O–H groups in total. The Morgan fingerprint density at radius 2 is 1.75 bits per heavy atom. The lowest BCUT2D eigenvalue weighted by Gasteiger charge is -2.33. The lowest BCUT2D eigenvalue weighted by molar-refractivity contribution is -0.117. The van der Waals surface area contributed by atoms with Crippen LogP contribution in [-0.4, -0.2) is 48.9 Å². The Balaban J connectivity index is 1.39. The Morgan fingerprint density at radius 3 is 2.39 bits per heavy atom. The average Bonchev–Trinajstić information content (AvgIpc) is 2.63. The van der Waals surface area contributed by atoms with Gasteiger partial charge in [-0.3, -0.25) is 9.69 Å². The molecule has 2 aromatic rings. The second kappa shape index (κ2) is 9.75. The van der Waals surface area contributed by atoms with Crippen molar-refractivity contribution in [1.29, 1.82) is 0 Å². The van der Waals surface area contributed by atoms with Crippen LogP contribution in [-0.2, 0) is 11.3 Å². The summed E-state index contributed by atoms with van der Waals surface area (Å²) in [5, 5.41) is 2.57. The minimum absolute atomic E-state index is 0.153. The van der Waals surface area contributed by atoms with E-state index < -0.39 is 11.6 Å². The first-order valence-electron chi connectivity index (χ1n) is 9.69. The molecule has 1 aliphatic heterocycles. The number of benzene rings is 2. The van der Waals surface area contributed by atoms with Crippen molar-refractivity contribution in [2.45, 2.75) is 19.4 Å². The van der Waals surface area contributed by atoms with Crippen molar-refractivity contribution in [3.05, 3.63) is 65.7 Å². The molecule has 28 heavy (non-hydrogen) atoms. The Bertz CT molecular complexity index is 756. The fourth-order valence-corrected chi connectivity index (χ4v) is 3.76. The van der Waals surface area contributed by atoms with Gasteiger partial charge in [0.15, 0.2) is 0 Å². The number of hydrogen-bond acceptors (Lipinski definition) is 3. The highest BCUT2D eigenvalue weighted by atomic mass is 19.1. The van der Waals surface area contributed by atoms with Crippen LogP contribution < -0.4 is 5.32 Å². The predicted molar refractivity (Wildman–Crippen MR) is 107 cm³/mol. The van der Waals surface area contributed by atoms with E-state index in [0.29, 0.717) is 5.92 Å². The molecule has 6 heteroatoms. The van der Waals surface area contributed by atoms with Crippen molar-refractivity contribution in [3.63, 3.8) is 0 Å². The Labute approximate surface area is 165 Å². The van der Waals surface area contributed by atoms with Gasteiger partial charge < -0.3 is 10.2 Å². The highest BCUT2D eigenvalue weighted by Gasteiger charge is 2.22. The van der Waals surface area contributed by atoms with Gasteiger partial charge in [0.05, 0.1) is 6.54 Å². The molecule has 1 amide bonds. The number of rotatable bonds is 7. The summed E-state index contributed by atoms with van der Waals surface area (Å²) in [6.07, 6.45) is 2.09. The zero-order valence-corrected chi connectivity index (χ0v) is 16.2. The molecule has 0 aliphatic carbocycles. The van der Waals surface area contributed by atoms with Gasteiger partial charge in [-0.05, 0) is 56.6 Å². The number of nitrogens with one attached hydrogen (secondary N) is 1. The molecule has 0 bridgehead atoms. The van der Waals surface area contributed by atoms with Gasteiger partial charge in [0.25, 0.3) is 0 Å². The third-order valence-corrected chi connectivity index (χ3v) is 5.09. The van der Waals surface area contributed by atoms with Crippen molar-refractivity contribution >= 4 is 11.6 Å². The standard InChI is InChI=1S/C22H27F2N3O/c1-26(14-17-5-3-2-4-6-17)15-18-7-9-27(10-8-18)16-22(28)25-21-12-19(23)11-20(24)13-21/h2-6,11-13,18H,7-10,14-16H2,1H3,(H,25,28). The van der Waals surface area contributed by atoms with Crippen LogP contribution in [0.1, 0.15) is 18.4 Å². The average molecular weight is 387 g/mol. The molecule has 0 atom stereocenters. The number of piperidine rings is 1. The third-order valence-electron chi connectivity index (χ3n) is 5.09. The van der Waals surface area contributed by atoms with Crippen LogP contribution in [0.25, 0.3) is 0 Å². The quantitative estimate of drug-likeness (QED) is 0.786. The van der Waals surface area contributed by atoms with E-state index in [0.717, 1.165) is 57.2 Å². The molecule has 2 aromatic carbocycles. The fourth-order valence-electron chi connectivity index (χ4n) is 3.76. The highest BCUT2D eigenvalue weighted by molar-refractivity contribution is 5.92. The van der Waals surface area contributed by atoms with Gasteiger partial charge in [-0.1, -0.05) is 30.3 Å². The summed E-state index contributed by atoms with van der Waals surface area (Å²) in [6.45, 7) is 3.93. The molecular weight excluding hydrogens is 360 g/mol. The number of hydrogen-bond donors (Lipinski definition) is 1. The maximum absolute atomic E-state index is 13.2. The summed E-state index contributed by atoms with van der Waals surface area (Å²) in [4.78, 5) is 16.6. The van der Waals surface area contributed by atoms with E-state index >= 15 is 0 Å². The number of amides is 1. The molecular formula is C22H27F2N3O. The molecule has 0 radical (unpaired) electrons. The first kappa shape index (κ1) is 20.4. The van der Waals surface area contributed by atoms with Crippen LogP contribution in [0.2, 0.25) is 0 Å². The van der Waals surface area contributed by atoms with Gasteiger partial charge >= 0.3 is 0 Å². The largest absolute Gasteiger partial charge is 0.325 e. The van der Waals surface area contributed by atoms with Crippen LogP contribution >= 0.6 is 0 Å². The van der Waals surface area contributed by atoms with Crippen LogP contribution in [0.3, 0.4) is 0 Å². The molecule has 1 fully saturated rings. The van der Waals surface area contributed by atoms with Crippen LogP contribution in [0.15, 0.2) is 48.5 Å². The van der Waals surface area contributed by atoms with Gasteiger partial charge in [-0.15, -0.1) is 0 Å². The number of nitrogens with zero attached hydrogens (tertiary/aromatic N) is 2. The molecule has 1 aliphatic rings.